The molecule has 3 aromatic carbocycles. The van der Waals surface area contributed by atoms with E-state index in [4.69, 9.17) is 9.47 Å². The number of ether oxygens (including phenoxy) is 2. The van der Waals surface area contributed by atoms with Crippen molar-refractivity contribution < 1.29 is 13.9 Å². The van der Waals surface area contributed by atoms with Gasteiger partial charge in [-0.1, -0.05) is 37.3 Å². The van der Waals surface area contributed by atoms with Crippen LogP contribution >= 0.6 is 15.9 Å². The minimum Gasteiger partial charge on any atom is -0.490 e. The van der Waals surface area contributed by atoms with Crippen molar-refractivity contribution in [2.24, 2.45) is 4.99 Å². The van der Waals surface area contributed by atoms with E-state index in [0.29, 0.717) is 23.7 Å². The summed E-state index contributed by atoms with van der Waals surface area (Å²) in [5.74, 6) is 0.833. The van der Waals surface area contributed by atoms with Crippen molar-refractivity contribution in [1.29, 1.82) is 0 Å². The van der Waals surface area contributed by atoms with E-state index in [0.717, 1.165) is 22.1 Å². The van der Waals surface area contributed by atoms with Gasteiger partial charge in [-0.15, -0.1) is 0 Å². The predicted octanol–water partition coefficient (Wildman–Crippen LogP) is 6.88. The standard InChI is InChI=1S/C24H23BrFNO2/c1-3-17-9-11-20(12-10-17)27-15-18-13-21(25)24(23(14-18)28-4-2)29-16-19-7-5-6-8-22(19)26/h5-15H,3-4,16H2,1-2H3. The van der Waals surface area contributed by atoms with Crippen molar-refractivity contribution in [3.8, 4) is 11.5 Å². The van der Waals surface area contributed by atoms with Crippen molar-refractivity contribution in [3.05, 3.63) is 87.6 Å². The van der Waals surface area contributed by atoms with E-state index in [1.807, 2.05) is 31.2 Å². The third-order valence-corrected chi connectivity index (χ3v) is 4.96. The van der Waals surface area contributed by atoms with Crippen molar-refractivity contribution in [3.63, 3.8) is 0 Å². The Balaban J connectivity index is 1.81. The Hall–Kier alpha value is -2.66. The lowest BCUT2D eigenvalue weighted by molar-refractivity contribution is 0.264. The van der Waals surface area contributed by atoms with Crippen LogP contribution in [0.3, 0.4) is 0 Å². The van der Waals surface area contributed by atoms with Gasteiger partial charge in [0.05, 0.1) is 16.8 Å². The molecule has 5 heteroatoms. The molecular weight excluding hydrogens is 433 g/mol. The topological polar surface area (TPSA) is 30.8 Å². The summed E-state index contributed by atoms with van der Waals surface area (Å²) >= 11 is 3.54. The van der Waals surface area contributed by atoms with E-state index >= 15 is 0 Å². The molecule has 0 saturated heterocycles. The molecule has 0 N–H and O–H groups in total. The monoisotopic (exact) mass is 455 g/mol. The highest BCUT2D eigenvalue weighted by Gasteiger charge is 2.13. The van der Waals surface area contributed by atoms with Crippen LogP contribution in [0.15, 0.2) is 70.1 Å². The summed E-state index contributed by atoms with van der Waals surface area (Å²) in [6.45, 7) is 4.63. The minimum atomic E-state index is -0.292. The van der Waals surface area contributed by atoms with Gasteiger partial charge < -0.3 is 9.47 Å². The Morgan fingerprint density at radius 3 is 2.45 bits per heavy atom. The van der Waals surface area contributed by atoms with E-state index in [9.17, 15) is 4.39 Å². The normalized spacial score (nSPS) is 11.0. The Bertz CT molecular complexity index is 987. The molecule has 150 valence electrons. The summed E-state index contributed by atoms with van der Waals surface area (Å²) in [5.41, 5.74) is 3.53. The van der Waals surface area contributed by atoms with E-state index < -0.39 is 0 Å². The fourth-order valence-electron chi connectivity index (χ4n) is 2.80. The summed E-state index contributed by atoms with van der Waals surface area (Å²) in [5, 5.41) is 0. The Morgan fingerprint density at radius 2 is 1.76 bits per heavy atom. The maximum absolute atomic E-state index is 13.9. The van der Waals surface area contributed by atoms with Crippen LogP contribution in [-0.4, -0.2) is 12.8 Å². The van der Waals surface area contributed by atoms with Gasteiger partial charge in [0, 0.05) is 11.8 Å². The summed E-state index contributed by atoms with van der Waals surface area (Å²) in [7, 11) is 0. The van der Waals surface area contributed by atoms with Crippen LogP contribution in [0.4, 0.5) is 10.1 Å². The lowest BCUT2D eigenvalue weighted by atomic mass is 10.1. The van der Waals surface area contributed by atoms with Gasteiger partial charge in [-0.2, -0.15) is 0 Å². The van der Waals surface area contributed by atoms with Gasteiger partial charge in [0.1, 0.15) is 12.4 Å². The summed E-state index contributed by atoms with van der Waals surface area (Å²) in [6.07, 6.45) is 2.79. The predicted molar refractivity (Wildman–Crippen MR) is 119 cm³/mol. The molecule has 0 aliphatic heterocycles. The molecule has 0 amide bonds. The Labute approximate surface area is 179 Å². The van der Waals surface area contributed by atoms with Crippen LogP contribution in [-0.2, 0) is 13.0 Å². The first-order valence-electron chi connectivity index (χ1n) is 9.56. The number of aliphatic imine (C=N–C) groups is 1. The molecule has 3 aromatic rings. The first-order chi connectivity index (χ1) is 14.1. The van der Waals surface area contributed by atoms with E-state index in [1.165, 1.54) is 11.6 Å². The van der Waals surface area contributed by atoms with Gasteiger partial charge in [-0.3, -0.25) is 4.99 Å². The molecule has 0 radical (unpaired) electrons. The lowest BCUT2D eigenvalue weighted by Crippen LogP contribution is -2.02. The van der Waals surface area contributed by atoms with Crippen molar-refractivity contribution in [1.82, 2.24) is 0 Å². The second-order valence-electron chi connectivity index (χ2n) is 6.42. The van der Waals surface area contributed by atoms with Crippen molar-refractivity contribution >= 4 is 27.8 Å². The maximum atomic E-state index is 13.9. The van der Waals surface area contributed by atoms with Crippen LogP contribution in [0, 0.1) is 5.82 Å². The second kappa shape index (κ2) is 10.2. The van der Waals surface area contributed by atoms with Gasteiger partial charge in [-0.25, -0.2) is 4.39 Å². The fourth-order valence-corrected chi connectivity index (χ4v) is 3.37. The molecule has 0 spiro atoms. The number of halogens is 2. The molecule has 0 aliphatic carbocycles. The van der Waals surface area contributed by atoms with Gasteiger partial charge in [0.2, 0.25) is 0 Å². The highest BCUT2D eigenvalue weighted by molar-refractivity contribution is 9.10. The lowest BCUT2D eigenvalue weighted by Gasteiger charge is -2.15. The van der Waals surface area contributed by atoms with Gasteiger partial charge in [-0.05, 0) is 70.7 Å². The molecule has 0 bridgehead atoms. The Morgan fingerprint density at radius 1 is 1.00 bits per heavy atom. The number of nitrogens with zero attached hydrogens (tertiary/aromatic N) is 1. The number of hydrogen-bond donors (Lipinski definition) is 0. The number of benzene rings is 3. The number of aryl methyl sites for hydroxylation is 1. The summed E-state index contributed by atoms with van der Waals surface area (Å²) in [6, 6.07) is 18.5. The average molecular weight is 456 g/mol. The third kappa shape index (κ3) is 5.67. The van der Waals surface area contributed by atoms with E-state index in [2.05, 4.69) is 40.0 Å². The largest absolute Gasteiger partial charge is 0.490 e. The zero-order valence-electron chi connectivity index (χ0n) is 16.5. The average Bonchev–Trinajstić information content (AvgIpc) is 2.73. The Kier molecular flexibility index (Phi) is 7.42. The molecule has 0 saturated carbocycles. The van der Waals surface area contributed by atoms with Crippen LogP contribution in [0.25, 0.3) is 0 Å². The number of hydrogen-bond acceptors (Lipinski definition) is 3. The quantitative estimate of drug-likeness (QED) is 0.346. The van der Waals surface area contributed by atoms with Crippen molar-refractivity contribution in [2.75, 3.05) is 6.61 Å². The summed E-state index contributed by atoms with van der Waals surface area (Å²) < 4.78 is 26.2. The van der Waals surface area contributed by atoms with Crippen LogP contribution < -0.4 is 9.47 Å². The molecule has 0 aliphatic rings. The molecule has 3 rings (SSSR count). The smallest absolute Gasteiger partial charge is 0.175 e. The summed E-state index contributed by atoms with van der Waals surface area (Å²) in [4.78, 5) is 4.54. The first-order valence-corrected chi connectivity index (χ1v) is 10.4. The molecule has 0 unspecified atom stereocenters. The maximum Gasteiger partial charge on any atom is 0.175 e. The molecule has 0 aromatic heterocycles. The number of rotatable bonds is 8. The fraction of sp³-hybridized carbons (Fsp3) is 0.208. The third-order valence-electron chi connectivity index (χ3n) is 4.37. The zero-order valence-corrected chi connectivity index (χ0v) is 18.1. The molecule has 0 atom stereocenters. The van der Waals surface area contributed by atoms with Crippen LogP contribution in [0.1, 0.15) is 30.5 Å². The molecular formula is C24H23BrFNO2. The minimum absolute atomic E-state index is 0.114. The zero-order chi connectivity index (χ0) is 20.6. The highest BCUT2D eigenvalue weighted by atomic mass is 79.9. The molecule has 0 fully saturated rings. The van der Waals surface area contributed by atoms with Gasteiger partial charge >= 0.3 is 0 Å². The molecule has 0 heterocycles. The van der Waals surface area contributed by atoms with Gasteiger partial charge in [0.25, 0.3) is 0 Å². The van der Waals surface area contributed by atoms with Gasteiger partial charge in [0.15, 0.2) is 11.5 Å². The van der Waals surface area contributed by atoms with Crippen LogP contribution in [0.5, 0.6) is 11.5 Å². The SMILES string of the molecule is CCOc1cc(C=Nc2ccc(CC)cc2)cc(Br)c1OCc1ccccc1F. The van der Waals surface area contributed by atoms with E-state index in [-0.39, 0.29) is 12.4 Å². The highest BCUT2D eigenvalue weighted by Crippen LogP contribution is 2.37. The van der Waals surface area contributed by atoms with Crippen LogP contribution in [0.2, 0.25) is 0 Å². The molecule has 3 nitrogen and oxygen atoms in total. The first kappa shape index (κ1) is 21.1. The molecule has 29 heavy (non-hydrogen) atoms. The van der Waals surface area contributed by atoms with E-state index in [1.54, 1.807) is 24.4 Å². The van der Waals surface area contributed by atoms with Crippen molar-refractivity contribution in [2.45, 2.75) is 26.9 Å². The second-order valence-corrected chi connectivity index (χ2v) is 7.28.